The number of allylic oxidation sites excluding steroid dienone is 2. The van der Waals surface area contributed by atoms with Crippen LogP contribution < -0.4 is 0 Å². The molecule has 4 rings (SSSR count). The van der Waals surface area contributed by atoms with Gasteiger partial charge in [0.2, 0.25) is 0 Å². The molecule has 0 saturated heterocycles. The van der Waals surface area contributed by atoms with Gasteiger partial charge in [0.15, 0.2) is 0 Å². The van der Waals surface area contributed by atoms with E-state index >= 15 is 0 Å². The van der Waals surface area contributed by atoms with Gasteiger partial charge in [0, 0.05) is 11.8 Å². The summed E-state index contributed by atoms with van der Waals surface area (Å²) in [5, 5.41) is 0. The molecule has 0 fully saturated rings. The van der Waals surface area contributed by atoms with Gasteiger partial charge in [-0.3, -0.25) is 0 Å². The molecule has 2 aromatic rings. The molecule has 2 aromatic carbocycles. The molecule has 21 heavy (non-hydrogen) atoms. The Balaban J connectivity index is 1.64. The molecule has 0 bridgehead atoms. The van der Waals surface area contributed by atoms with Crippen molar-refractivity contribution in [3.05, 3.63) is 81.9 Å². The molecule has 0 heteroatoms. The third kappa shape index (κ3) is 1.98. The highest BCUT2D eigenvalue weighted by Crippen LogP contribution is 2.42. The van der Waals surface area contributed by atoms with Crippen molar-refractivity contribution in [3.63, 3.8) is 0 Å². The third-order valence-electron chi connectivity index (χ3n) is 5.01. The Labute approximate surface area is 126 Å². The number of benzene rings is 2. The minimum Gasteiger partial charge on any atom is -0.0763 e. The van der Waals surface area contributed by atoms with Crippen molar-refractivity contribution < 1.29 is 0 Å². The predicted molar refractivity (Wildman–Crippen MR) is 90.5 cm³/mol. The van der Waals surface area contributed by atoms with Gasteiger partial charge in [0.05, 0.1) is 0 Å². The van der Waals surface area contributed by atoms with E-state index in [1.165, 1.54) is 39.8 Å². The van der Waals surface area contributed by atoms with Crippen molar-refractivity contribution in [2.45, 2.75) is 32.1 Å². The zero-order chi connectivity index (χ0) is 14.4. The fourth-order valence-electron chi connectivity index (χ4n) is 3.83. The van der Waals surface area contributed by atoms with Gasteiger partial charge in [-0.25, -0.2) is 0 Å². The molecule has 0 heterocycles. The van der Waals surface area contributed by atoms with Crippen molar-refractivity contribution in [1.29, 1.82) is 0 Å². The minimum absolute atomic E-state index is 0.556. The van der Waals surface area contributed by atoms with Crippen LogP contribution in [-0.4, -0.2) is 0 Å². The molecule has 0 aromatic heterocycles. The lowest BCUT2D eigenvalue weighted by atomic mass is 9.86. The quantitative estimate of drug-likeness (QED) is 0.666. The van der Waals surface area contributed by atoms with Gasteiger partial charge in [-0.05, 0) is 53.6 Å². The normalized spacial score (nSPS) is 21.6. The van der Waals surface area contributed by atoms with E-state index in [1.807, 2.05) is 0 Å². The summed E-state index contributed by atoms with van der Waals surface area (Å²) in [4.78, 5) is 0. The Kier molecular flexibility index (Phi) is 2.85. The van der Waals surface area contributed by atoms with Crippen LogP contribution in [0.4, 0.5) is 0 Å². The van der Waals surface area contributed by atoms with E-state index in [2.05, 4.69) is 74.5 Å². The van der Waals surface area contributed by atoms with Crippen molar-refractivity contribution in [2.75, 3.05) is 0 Å². The van der Waals surface area contributed by atoms with Crippen LogP contribution in [0.25, 0.3) is 12.2 Å². The molecule has 0 aliphatic heterocycles. The van der Waals surface area contributed by atoms with Gasteiger partial charge in [-0.15, -0.1) is 0 Å². The fourth-order valence-corrected chi connectivity index (χ4v) is 3.83. The number of fused-ring (bicyclic) bond motifs is 2. The second-order valence-electron chi connectivity index (χ2n) is 6.32. The standard InChI is InChI=1S/C21H20/c1-14-5-3-7-20-16(9-11-18(14)20)13-17-10-12-19-15(2)6-4-8-21(17)19/h3-12,16-17H,13H2,1-2H3. The summed E-state index contributed by atoms with van der Waals surface area (Å²) in [6, 6.07) is 13.4. The van der Waals surface area contributed by atoms with Gasteiger partial charge in [-0.1, -0.05) is 60.7 Å². The van der Waals surface area contributed by atoms with Crippen molar-refractivity contribution in [2.24, 2.45) is 0 Å². The maximum absolute atomic E-state index is 2.39. The van der Waals surface area contributed by atoms with Crippen LogP contribution in [0.3, 0.4) is 0 Å². The minimum atomic E-state index is 0.556. The first-order chi connectivity index (χ1) is 10.2. The van der Waals surface area contributed by atoms with E-state index in [1.54, 1.807) is 0 Å². The van der Waals surface area contributed by atoms with E-state index in [-0.39, 0.29) is 0 Å². The monoisotopic (exact) mass is 272 g/mol. The molecule has 104 valence electrons. The van der Waals surface area contributed by atoms with E-state index < -0.39 is 0 Å². The van der Waals surface area contributed by atoms with Crippen LogP contribution in [0.1, 0.15) is 51.6 Å². The predicted octanol–water partition coefficient (Wildman–Crippen LogP) is 5.61. The Morgan fingerprint density at radius 2 is 1.19 bits per heavy atom. The molecule has 0 N–H and O–H groups in total. The number of aryl methyl sites for hydroxylation is 2. The zero-order valence-electron chi connectivity index (χ0n) is 12.6. The highest BCUT2D eigenvalue weighted by Gasteiger charge is 2.25. The Morgan fingerprint density at radius 1 is 0.714 bits per heavy atom. The van der Waals surface area contributed by atoms with Crippen LogP contribution in [0.5, 0.6) is 0 Å². The number of rotatable bonds is 2. The molecule has 0 nitrogen and oxygen atoms in total. The summed E-state index contributed by atoms with van der Waals surface area (Å²) < 4.78 is 0. The summed E-state index contributed by atoms with van der Waals surface area (Å²) in [6.07, 6.45) is 10.6. The second kappa shape index (κ2) is 4.73. The maximum Gasteiger partial charge on any atom is 0.00361 e. The Morgan fingerprint density at radius 3 is 1.67 bits per heavy atom. The van der Waals surface area contributed by atoms with E-state index in [9.17, 15) is 0 Å². The summed E-state index contributed by atoms with van der Waals surface area (Å²) in [5.41, 5.74) is 8.67. The smallest absolute Gasteiger partial charge is 0.00361 e. The zero-order valence-corrected chi connectivity index (χ0v) is 12.6. The summed E-state index contributed by atoms with van der Waals surface area (Å²) in [7, 11) is 0. The summed E-state index contributed by atoms with van der Waals surface area (Å²) >= 11 is 0. The number of hydrogen-bond acceptors (Lipinski definition) is 0. The van der Waals surface area contributed by atoms with Crippen molar-refractivity contribution >= 4 is 12.2 Å². The van der Waals surface area contributed by atoms with Crippen molar-refractivity contribution in [1.82, 2.24) is 0 Å². The SMILES string of the molecule is Cc1cccc2c1C=CC2CC1C=Cc2c(C)cccc21. The second-order valence-corrected chi connectivity index (χ2v) is 6.32. The van der Waals surface area contributed by atoms with Crippen molar-refractivity contribution in [3.8, 4) is 0 Å². The van der Waals surface area contributed by atoms with Crippen LogP contribution in [0.15, 0.2) is 48.6 Å². The van der Waals surface area contributed by atoms with Gasteiger partial charge in [0.25, 0.3) is 0 Å². The van der Waals surface area contributed by atoms with Crippen LogP contribution in [-0.2, 0) is 0 Å². The van der Waals surface area contributed by atoms with Gasteiger partial charge in [-0.2, -0.15) is 0 Å². The Hall–Kier alpha value is -2.08. The topological polar surface area (TPSA) is 0 Å². The summed E-state index contributed by atoms with van der Waals surface area (Å²) in [5.74, 6) is 1.11. The fraction of sp³-hybridized carbons (Fsp3) is 0.238. The van der Waals surface area contributed by atoms with Gasteiger partial charge in [0.1, 0.15) is 0 Å². The maximum atomic E-state index is 2.39. The van der Waals surface area contributed by atoms with E-state index in [4.69, 9.17) is 0 Å². The average Bonchev–Trinajstić information content (AvgIpc) is 3.07. The first kappa shape index (κ1) is 12.6. The number of hydrogen-bond donors (Lipinski definition) is 0. The summed E-state index contributed by atoms with van der Waals surface area (Å²) in [6.45, 7) is 4.42. The molecular formula is C21H20. The lowest BCUT2D eigenvalue weighted by Gasteiger charge is -2.17. The molecule has 0 radical (unpaired) electrons. The Bertz CT molecular complexity index is 696. The van der Waals surface area contributed by atoms with Crippen LogP contribution in [0, 0.1) is 13.8 Å². The van der Waals surface area contributed by atoms with Crippen LogP contribution >= 0.6 is 0 Å². The van der Waals surface area contributed by atoms with E-state index in [0.717, 1.165) is 0 Å². The lowest BCUT2D eigenvalue weighted by molar-refractivity contribution is 0.686. The third-order valence-corrected chi connectivity index (χ3v) is 5.01. The van der Waals surface area contributed by atoms with E-state index in [0.29, 0.717) is 11.8 Å². The highest BCUT2D eigenvalue weighted by molar-refractivity contribution is 5.68. The largest absolute Gasteiger partial charge is 0.0763 e. The molecule has 0 saturated carbocycles. The molecule has 2 aliphatic carbocycles. The molecule has 2 aliphatic rings. The van der Waals surface area contributed by atoms with Crippen LogP contribution in [0.2, 0.25) is 0 Å². The first-order valence-electron chi connectivity index (χ1n) is 7.79. The molecule has 2 atom stereocenters. The first-order valence-corrected chi connectivity index (χ1v) is 7.79. The average molecular weight is 272 g/mol. The van der Waals surface area contributed by atoms with Gasteiger partial charge >= 0.3 is 0 Å². The molecule has 2 unspecified atom stereocenters. The lowest BCUT2D eigenvalue weighted by Crippen LogP contribution is -2.02. The highest BCUT2D eigenvalue weighted by atomic mass is 14.3. The molecule has 0 spiro atoms. The molecule has 0 amide bonds. The van der Waals surface area contributed by atoms with Gasteiger partial charge < -0.3 is 0 Å². The molecular weight excluding hydrogens is 252 g/mol.